The first-order valence-electron chi connectivity index (χ1n) is 8.71. The largest absolute Gasteiger partial charge is 0.392 e. The van der Waals surface area contributed by atoms with Crippen molar-refractivity contribution in [3.63, 3.8) is 0 Å². The van der Waals surface area contributed by atoms with E-state index in [0.717, 1.165) is 38.5 Å². The minimum atomic E-state index is -0.0820. The first kappa shape index (κ1) is 16.3. The van der Waals surface area contributed by atoms with Crippen LogP contribution in [0.5, 0.6) is 0 Å². The highest BCUT2D eigenvalue weighted by atomic mass is 16.3. The van der Waals surface area contributed by atoms with Crippen molar-refractivity contribution in [2.45, 2.75) is 64.9 Å². The minimum absolute atomic E-state index is 0.0820. The molecule has 0 aromatic heterocycles. The molecule has 1 saturated carbocycles. The van der Waals surface area contributed by atoms with Gasteiger partial charge >= 0.3 is 0 Å². The minimum Gasteiger partial charge on any atom is -0.392 e. The van der Waals surface area contributed by atoms with Gasteiger partial charge in [-0.2, -0.15) is 0 Å². The summed E-state index contributed by atoms with van der Waals surface area (Å²) in [5, 5.41) is 13.5. The van der Waals surface area contributed by atoms with Gasteiger partial charge in [-0.3, -0.25) is 0 Å². The quantitative estimate of drug-likeness (QED) is 0.735. The lowest BCUT2D eigenvalue weighted by atomic mass is 9.79. The second kappa shape index (κ2) is 7.77. The lowest BCUT2D eigenvalue weighted by molar-refractivity contribution is 0.123. The topological polar surface area (TPSA) is 35.5 Å². The molecule has 2 aliphatic rings. The molecular weight excluding hydrogens is 248 g/mol. The van der Waals surface area contributed by atoms with Gasteiger partial charge in [-0.25, -0.2) is 0 Å². The third kappa shape index (κ3) is 5.01. The molecule has 1 heterocycles. The average molecular weight is 282 g/mol. The fourth-order valence-electron chi connectivity index (χ4n) is 3.93. The highest BCUT2D eigenvalue weighted by molar-refractivity contribution is 4.89. The van der Waals surface area contributed by atoms with Crippen molar-refractivity contribution in [1.29, 1.82) is 0 Å². The van der Waals surface area contributed by atoms with E-state index in [0.29, 0.717) is 5.41 Å². The molecule has 2 rings (SSSR count). The predicted octanol–water partition coefficient (Wildman–Crippen LogP) is 2.64. The fourth-order valence-corrected chi connectivity index (χ4v) is 3.93. The molecule has 2 fully saturated rings. The summed E-state index contributed by atoms with van der Waals surface area (Å²) in [5.74, 6) is 0.728. The van der Waals surface area contributed by atoms with Gasteiger partial charge in [-0.05, 0) is 37.1 Å². The Morgan fingerprint density at radius 2 is 1.90 bits per heavy atom. The molecule has 0 spiro atoms. The Hall–Kier alpha value is -0.120. The summed E-state index contributed by atoms with van der Waals surface area (Å²) in [6.45, 7) is 10.0. The van der Waals surface area contributed by atoms with Crippen molar-refractivity contribution in [2.75, 3.05) is 32.7 Å². The predicted molar refractivity (Wildman–Crippen MR) is 84.9 cm³/mol. The summed E-state index contributed by atoms with van der Waals surface area (Å²) >= 11 is 0. The number of hydrogen-bond donors (Lipinski definition) is 2. The summed E-state index contributed by atoms with van der Waals surface area (Å²) in [6, 6.07) is 0. The third-order valence-corrected chi connectivity index (χ3v) is 5.02. The standard InChI is InChI=1S/C17H34N2O/c1-15(2)11-18-13-17(8-5-3-4-6-9-17)14-19-10-7-16(20)12-19/h15-16,18,20H,3-14H2,1-2H3. The molecule has 0 bridgehead atoms. The molecule has 3 heteroatoms. The third-order valence-electron chi connectivity index (χ3n) is 5.02. The van der Waals surface area contributed by atoms with Crippen molar-refractivity contribution in [1.82, 2.24) is 10.2 Å². The zero-order valence-corrected chi connectivity index (χ0v) is 13.5. The molecule has 1 aliphatic heterocycles. The van der Waals surface area contributed by atoms with Crippen molar-refractivity contribution in [2.24, 2.45) is 11.3 Å². The van der Waals surface area contributed by atoms with E-state index in [4.69, 9.17) is 0 Å². The SMILES string of the molecule is CC(C)CNCC1(CN2CCC(O)C2)CCCCCC1. The maximum Gasteiger partial charge on any atom is 0.0679 e. The summed E-state index contributed by atoms with van der Waals surface area (Å²) in [6.07, 6.45) is 9.22. The number of aliphatic hydroxyl groups is 1. The van der Waals surface area contributed by atoms with Crippen LogP contribution < -0.4 is 5.32 Å². The van der Waals surface area contributed by atoms with Crippen LogP contribution in [-0.2, 0) is 0 Å². The summed E-state index contributed by atoms with van der Waals surface area (Å²) in [5.41, 5.74) is 0.454. The van der Waals surface area contributed by atoms with E-state index in [2.05, 4.69) is 24.1 Å². The Morgan fingerprint density at radius 1 is 1.20 bits per heavy atom. The number of β-amino-alcohol motifs (C(OH)–C–C–N with tert-alkyl or cyclic N) is 1. The van der Waals surface area contributed by atoms with E-state index in [1.807, 2.05) is 0 Å². The molecule has 2 N–H and O–H groups in total. The molecule has 118 valence electrons. The number of aliphatic hydroxyl groups excluding tert-OH is 1. The molecule has 1 atom stereocenters. The van der Waals surface area contributed by atoms with Crippen LogP contribution in [0.4, 0.5) is 0 Å². The molecule has 20 heavy (non-hydrogen) atoms. The smallest absolute Gasteiger partial charge is 0.0679 e. The maximum atomic E-state index is 9.76. The van der Waals surface area contributed by atoms with E-state index >= 15 is 0 Å². The van der Waals surface area contributed by atoms with Crippen LogP contribution in [0, 0.1) is 11.3 Å². The van der Waals surface area contributed by atoms with Gasteiger partial charge in [0.1, 0.15) is 0 Å². The van der Waals surface area contributed by atoms with Gasteiger partial charge in [0, 0.05) is 26.2 Å². The lowest BCUT2D eigenvalue weighted by Crippen LogP contribution is -2.44. The number of hydrogen-bond acceptors (Lipinski definition) is 3. The van der Waals surface area contributed by atoms with Crippen LogP contribution in [-0.4, -0.2) is 48.8 Å². The Morgan fingerprint density at radius 3 is 2.45 bits per heavy atom. The van der Waals surface area contributed by atoms with Gasteiger partial charge in [-0.15, -0.1) is 0 Å². The van der Waals surface area contributed by atoms with Crippen LogP contribution >= 0.6 is 0 Å². The van der Waals surface area contributed by atoms with Gasteiger partial charge in [0.2, 0.25) is 0 Å². The monoisotopic (exact) mass is 282 g/mol. The second-order valence-electron chi connectivity index (χ2n) is 7.62. The lowest BCUT2D eigenvalue weighted by Gasteiger charge is -2.37. The van der Waals surface area contributed by atoms with Crippen molar-refractivity contribution in [3.8, 4) is 0 Å². The Kier molecular flexibility index (Phi) is 6.31. The van der Waals surface area contributed by atoms with E-state index in [9.17, 15) is 5.11 Å². The number of nitrogens with one attached hydrogen (secondary N) is 1. The van der Waals surface area contributed by atoms with Gasteiger partial charge in [0.15, 0.2) is 0 Å². The highest BCUT2D eigenvalue weighted by Crippen LogP contribution is 2.36. The Labute approximate surface area is 125 Å². The highest BCUT2D eigenvalue weighted by Gasteiger charge is 2.34. The van der Waals surface area contributed by atoms with Crippen molar-refractivity contribution in [3.05, 3.63) is 0 Å². The maximum absolute atomic E-state index is 9.76. The fraction of sp³-hybridized carbons (Fsp3) is 1.00. The molecule has 1 unspecified atom stereocenters. The number of rotatable bonds is 6. The first-order valence-corrected chi connectivity index (χ1v) is 8.71. The van der Waals surface area contributed by atoms with Crippen LogP contribution in [0.2, 0.25) is 0 Å². The summed E-state index contributed by atoms with van der Waals surface area (Å²) < 4.78 is 0. The van der Waals surface area contributed by atoms with Crippen LogP contribution in [0.3, 0.4) is 0 Å². The van der Waals surface area contributed by atoms with E-state index < -0.39 is 0 Å². The van der Waals surface area contributed by atoms with E-state index in [1.54, 1.807) is 0 Å². The molecular formula is C17H34N2O. The van der Waals surface area contributed by atoms with Crippen LogP contribution in [0.25, 0.3) is 0 Å². The van der Waals surface area contributed by atoms with Gasteiger partial charge in [0.25, 0.3) is 0 Å². The number of likely N-dealkylation sites (tertiary alicyclic amines) is 1. The van der Waals surface area contributed by atoms with Crippen LogP contribution in [0.1, 0.15) is 58.8 Å². The first-order chi connectivity index (χ1) is 9.60. The molecule has 0 radical (unpaired) electrons. The summed E-state index contributed by atoms with van der Waals surface area (Å²) in [7, 11) is 0. The molecule has 0 amide bonds. The summed E-state index contributed by atoms with van der Waals surface area (Å²) in [4.78, 5) is 2.51. The van der Waals surface area contributed by atoms with Gasteiger partial charge in [0.05, 0.1) is 6.10 Å². The normalized spacial score (nSPS) is 27.9. The van der Waals surface area contributed by atoms with Gasteiger partial charge in [-0.1, -0.05) is 39.5 Å². The van der Waals surface area contributed by atoms with Crippen molar-refractivity contribution >= 4 is 0 Å². The zero-order valence-electron chi connectivity index (χ0n) is 13.5. The van der Waals surface area contributed by atoms with Crippen molar-refractivity contribution < 1.29 is 5.11 Å². The van der Waals surface area contributed by atoms with Crippen LogP contribution in [0.15, 0.2) is 0 Å². The average Bonchev–Trinajstić information content (AvgIpc) is 2.65. The van der Waals surface area contributed by atoms with Gasteiger partial charge < -0.3 is 15.3 Å². The van der Waals surface area contributed by atoms with E-state index in [1.165, 1.54) is 45.1 Å². The molecule has 0 aromatic rings. The van der Waals surface area contributed by atoms with E-state index in [-0.39, 0.29) is 6.10 Å². The Balaban J connectivity index is 1.91. The Bertz CT molecular complexity index is 272. The molecule has 0 aromatic carbocycles. The molecule has 1 saturated heterocycles. The zero-order chi connectivity index (χ0) is 14.4. The second-order valence-corrected chi connectivity index (χ2v) is 7.62. The number of nitrogens with zero attached hydrogens (tertiary/aromatic N) is 1. The molecule has 3 nitrogen and oxygen atoms in total. The molecule has 1 aliphatic carbocycles.